The summed E-state index contributed by atoms with van der Waals surface area (Å²) in [7, 11) is 0. The molecular formula is C11H5ClI3NO2. The van der Waals surface area contributed by atoms with Gasteiger partial charge in [-0.25, -0.2) is 0 Å². The number of rotatable bonds is 2. The van der Waals surface area contributed by atoms with Gasteiger partial charge in [0.2, 0.25) is 0 Å². The first-order valence-corrected chi connectivity index (χ1v) is 8.30. The molecule has 0 fully saturated rings. The molecule has 0 saturated carbocycles. The highest BCUT2D eigenvalue weighted by Crippen LogP contribution is 2.28. The number of nitrogens with one attached hydrogen (secondary N) is 1. The van der Waals surface area contributed by atoms with Gasteiger partial charge < -0.3 is 9.73 Å². The van der Waals surface area contributed by atoms with Crippen LogP contribution in [-0.2, 0) is 0 Å². The molecule has 2 aromatic rings. The van der Waals surface area contributed by atoms with Crippen LogP contribution in [0.15, 0.2) is 28.7 Å². The first-order chi connectivity index (χ1) is 8.47. The lowest BCUT2D eigenvalue weighted by Crippen LogP contribution is -2.13. The van der Waals surface area contributed by atoms with Gasteiger partial charge >= 0.3 is 0 Å². The fourth-order valence-electron chi connectivity index (χ4n) is 1.27. The zero-order chi connectivity index (χ0) is 13.3. The number of furan rings is 1. The summed E-state index contributed by atoms with van der Waals surface area (Å²) in [5.74, 6) is -0.107. The van der Waals surface area contributed by atoms with Crippen LogP contribution in [-0.4, -0.2) is 5.91 Å². The number of carbonyl (C=O) groups excluding carboxylic acids is 1. The van der Waals surface area contributed by atoms with Crippen LogP contribution in [0.3, 0.4) is 0 Å². The van der Waals surface area contributed by atoms with E-state index in [4.69, 9.17) is 16.0 Å². The number of anilines is 1. The molecule has 2 rings (SSSR count). The highest BCUT2D eigenvalue weighted by molar-refractivity contribution is 14.1. The standard InChI is InChI=1S/C11H5ClI3NO2/c12-9-2-1-8(18-9)11(17)16-10-6(14)3-5(13)4-7(10)15/h1-4H,(H,16,17). The molecule has 7 heteroatoms. The zero-order valence-electron chi connectivity index (χ0n) is 8.64. The number of hydrogen-bond acceptors (Lipinski definition) is 2. The van der Waals surface area contributed by atoms with Crippen molar-refractivity contribution in [2.75, 3.05) is 5.32 Å². The van der Waals surface area contributed by atoms with E-state index in [1.807, 2.05) is 12.1 Å². The molecule has 0 radical (unpaired) electrons. The van der Waals surface area contributed by atoms with E-state index in [0.29, 0.717) is 0 Å². The summed E-state index contributed by atoms with van der Waals surface area (Å²) in [5, 5.41) is 3.03. The van der Waals surface area contributed by atoms with Gasteiger partial charge in [0.1, 0.15) is 0 Å². The third-order valence-corrected chi connectivity index (χ3v) is 4.57. The molecule has 18 heavy (non-hydrogen) atoms. The normalized spacial score (nSPS) is 10.4. The molecule has 1 aromatic carbocycles. The first kappa shape index (κ1) is 14.9. The Morgan fingerprint density at radius 2 is 1.78 bits per heavy atom. The lowest BCUT2D eigenvalue weighted by Gasteiger charge is -2.09. The van der Waals surface area contributed by atoms with Crippen molar-refractivity contribution in [1.82, 2.24) is 0 Å². The van der Waals surface area contributed by atoms with E-state index >= 15 is 0 Å². The maximum atomic E-state index is 11.9. The van der Waals surface area contributed by atoms with Crippen LogP contribution in [0.1, 0.15) is 10.6 Å². The van der Waals surface area contributed by atoms with Crippen molar-refractivity contribution in [3.05, 3.63) is 46.0 Å². The number of carbonyl (C=O) groups is 1. The van der Waals surface area contributed by atoms with Crippen LogP contribution < -0.4 is 5.32 Å². The molecule has 1 amide bonds. The lowest BCUT2D eigenvalue weighted by atomic mass is 10.3. The predicted molar refractivity (Wildman–Crippen MR) is 96.3 cm³/mol. The SMILES string of the molecule is O=C(Nc1c(I)cc(I)cc1I)c1ccc(Cl)o1. The molecule has 3 nitrogen and oxygen atoms in total. The summed E-state index contributed by atoms with van der Waals surface area (Å²) < 4.78 is 8.16. The second-order valence-corrected chi connectivity index (χ2v) is 7.24. The van der Waals surface area contributed by atoms with Crippen LogP contribution in [0.5, 0.6) is 0 Å². The average Bonchev–Trinajstić information content (AvgIpc) is 2.70. The molecule has 0 spiro atoms. The smallest absolute Gasteiger partial charge is 0.291 e. The Balaban J connectivity index is 2.27. The molecule has 0 aliphatic heterocycles. The number of halogens is 4. The summed E-state index contributed by atoms with van der Waals surface area (Å²) in [4.78, 5) is 11.9. The van der Waals surface area contributed by atoms with Crippen molar-refractivity contribution in [3.63, 3.8) is 0 Å². The van der Waals surface area contributed by atoms with Crippen molar-refractivity contribution < 1.29 is 9.21 Å². The van der Waals surface area contributed by atoms with Crippen molar-refractivity contribution in [3.8, 4) is 0 Å². The van der Waals surface area contributed by atoms with Crippen LogP contribution in [0.2, 0.25) is 5.22 Å². The molecule has 1 heterocycles. The maximum absolute atomic E-state index is 11.9. The molecule has 1 aromatic heterocycles. The van der Waals surface area contributed by atoms with Crippen LogP contribution in [0, 0.1) is 10.7 Å². The Morgan fingerprint density at radius 3 is 2.28 bits per heavy atom. The third-order valence-electron chi connectivity index (χ3n) is 2.04. The van der Waals surface area contributed by atoms with Crippen molar-refractivity contribution in [1.29, 1.82) is 0 Å². The zero-order valence-corrected chi connectivity index (χ0v) is 15.9. The van der Waals surface area contributed by atoms with E-state index in [2.05, 4.69) is 73.1 Å². The van der Waals surface area contributed by atoms with Gasteiger partial charge in [-0.3, -0.25) is 4.79 Å². The molecule has 0 aliphatic carbocycles. The summed E-state index contributed by atoms with van der Waals surface area (Å²) in [6.07, 6.45) is 0. The molecule has 0 unspecified atom stereocenters. The molecular weight excluding hydrogens is 594 g/mol. The Kier molecular flexibility index (Phi) is 5.17. The third kappa shape index (κ3) is 3.51. The van der Waals surface area contributed by atoms with Gasteiger partial charge in [0.05, 0.1) is 5.69 Å². The highest BCUT2D eigenvalue weighted by Gasteiger charge is 2.14. The summed E-state index contributed by atoms with van der Waals surface area (Å²) in [5.41, 5.74) is 0.786. The monoisotopic (exact) mass is 599 g/mol. The highest BCUT2D eigenvalue weighted by atomic mass is 127. The Hall–Kier alpha value is 0.450. The summed E-state index contributed by atoms with van der Waals surface area (Å²) >= 11 is 12.3. The van der Waals surface area contributed by atoms with Crippen molar-refractivity contribution in [2.45, 2.75) is 0 Å². The largest absolute Gasteiger partial charge is 0.440 e. The second-order valence-electron chi connectivity index (χ2n) is 3.30. The molecule has 0 atom stereocenters. The summed E-state index contributed by atoms with van der Waals surface area (Å²) in [6, 6.07) is 7.08. The molecule has 0 aliphatic rings. The molecule has 1 N–H and O–H groups in total. The van der Waals surface area contributed by atoms with Gasteiger partial charge in [0, 0.05) is 10.7 Å². The van der Waals surface area contributed by atoms with Gasteiger partial charge in [-0.05, 0) is 104 Å². The van der Waals surface area contributed by atoms with Gasteiger partial charge in [0.25, 0.3) is 5.91 Å². The predicted octanol–water partition coefficient (Wildman–Crippen LogP) is 5.00. The van der Waals surface area contributed by atoms with Gasteiger partial charge in [0.15, 0.2) is 11.0 Å². The van der Waals surface area contributed by atoms with E-state index in [1.54, 1.807) is 12.1 Å². The van der Waals surface area contributed by atoms with E-state index in [1.165, 1.54) is 0 Å². The van der Waals surface area contributed by atoms with E-state index < -0.39 is 0 Å². The fourth-order valence-corrected chi connectivity index (χ4v) is 5.27. The van der Waals surface area contributed by atoms with Gasteiger partial charge in [-0.1, -0.05) is 0 Å². The van der Waals surface area contributed by atoms with E-state index in [0.717, 1.165) is 16.4 Å². The maximum Gasteiger partial charge on any atom is 0.291 e. The fraction of sp³-hybridized carbons (Fsp3) is 0. The van der Waals surface area contributed by atoms with E-state index in [9.17, 15) is 4.79 Å². The Labute approximate surface area is 149 Å². The van der Waals surface area contributed by atoms with Crippen molar-refractivity contribution in [2.24, 2.45) is 0 Å². The van der Waals surface area contributed by atoms with Crippen LogP contribution in [0.25, 0.3) is 0 Å². The first-order valence-electron chi connectivity index (χ1n) is 4.68. The van der Waals surface area contributed by atoms with Crippen LogP contribution in [0.4, 0.5) is 5.69 Å². The van der Waals surface area contributed by atoms with Gasteiger partial charge in [-0.15, -0.1) is 0 Å². The van der Waals surface area contributed by atoms with E-state index in [-0.39, 0.29) is 16.9 Å². The number of benzene rings is 1. The summed E-state index contributed by atoms with van der Waals surface area (Å²) in [6.45, 7) is 0. The number of hydrogen-bond donors (Lipinski definition) is 1. The Bertz CT molecular complexity index is 589. The lowest BCUT2D eigenvalue weighted by molar-refractivity contribution is 0.0996. The Morgan fingerprint density at radius 1 is 1.17 bits per heavy atom. The topological polar surface area (TPSA) is 42.2 Å². The number of amides is 1. The average molecular weight is 599 g/mol. The minimum absolute atomic E-state index is 0.199. The minimum Gasteiger partial charge on any atom is -0.440 e. The van der Waals surface area contributed by atoms with Crippen molar-refractivity contribution >= 4 is 91.0 Å². The van der Waals surface area contributed by atoms with Crippen LogP contribution >= 0.6 is 79.4 Å². The van der Waals surface area contributed by atoms with Gasteiger partial charge in [-0.2, -0.15) is 0 Å². The molecule has 0 saturated heterocycles. The molecule has 94 valence electrons. The minimum atomic E-state index is -0.307. The second kappa shape index (κ2) is 6.27. The molecule has 0 bridgehead atoms. The quantitative estimate of drug-likeness (QED) is 0.495.